The normalized spacial score (nSPS) is 15.4. The van der Waals surface area contributed by atoms with Crippen LogP contribution in [0.5, 0.6) is 5.75 Å². The predicted molar refractivity (Wildman–Crippen MR) is 115 cm³/mol. The summed E-state index contributed by atoms with van der Waals surface area (Å²) in [6, 6.07) is 12.7. The van der Waals surface area contributed by atoms with Gasteiger partial charge in [0.1, 0.15) is 5.75 Å². The molecule has 0 unspecified atom stereocenters. The topological polar surface area (TPSA) is 38.3 Å². The number of hydrogen-bond acceptors (Lipinski definition) is 2. The van der Waals surface area contributed by atoms with Crippen molar-refractivity contribution in [2.45, 2.75) is 78.4 Å². The van der Waals surface area contributed by atoms with Gasteiger partial charge in [-0.3, -0.25) is 4.79 Å². The van der Waals surface area contributed by atoms with Crippen molar-refractivity contribution >= 4 is 5.91 Å². The van der Waals surface area contributed by atoms with E-state index in [1.807, 2.05) is 13.0 Å². The van der Waals surface area contributed by atoms with Gasteiger partial charge in [0.25, 0.3) is 5.91 Å². The van der Waals surface area contributed by atoms with Crippen molar-refractivity contribution in [3.8, 4) is 5.75 Å². The van der Waals surface area contributed by atoms with Crippen LogP contribution in [0.25, 0.3) is 0 Å². The van der Waals surface area contributed by atoms with E-state index in [0.29, 0.717) is 6.42 Å². The number of ether oxygens (including phenoxy) is 1. The van der Waals surface area contributed by atoms with Gasteiger partial charge >= 0.3 is 0 Å². The second-order valence-corrected chi connectivity index (χ2v) is 7.97. The first-order chi connectivity index (χ1) is 13.5. The molecule has 0 heterocycles. The first kappa shape index (κ1) is 20.4. The van der Waals surface area contributed by atoms with Crippen molar-refractivity contribution in [3.05, 3.63) is 64.2 Å². The zero-order valence-electron chi connectivity index (χ0n) is 17.7. The van der Waals surface area contributed by atoms with E-state index >= 15 is 0 Å². The van der Waals surface area contributed by atoms with E-state index in [0.717, 1.165) is 30.6 Å². The van der Waals surface area contributed by atoms with Crippen LogP contribution in [0.3, 0.4) is 0 Å². The SMILES string of the molecule is CC[C@H](Oc1ccc2c(c1)CCCC2)C(=O)N[C@H](CC)c1ccc(C)c(C)c1. The average molecular weight is 380 g/mol. The van der Waals surface area contributed by atoms with Crippen molar-refractivity contribution < 1.29 is 9.53 Å². The number of carbonyl (C=O) groups is 1. The van der Waals surface area contributed by atoms with E-state index in [1.165, 1.54) is 35.1 Å². The van der Waals surface area contributed by atoms with Crippen molar-refractivity contribution in [2.24, 2.45) is 0 Å². The van der Waals surface area contributed by atoms with Crippen molar-refractivity contribution in [2.75, 3.05) is 0 Å². The van der Waals surface area contributed by atoms with Gasteiger partial charge in [-0.25, -0.2) is 0 Å². The number of fused-ring (bicyclic) bond motifs is 1. The third kappa shape index (κ3) is 4.76. The Bertz CT molecular complexity index is 827. The van der Waals surface area contributed by atoms with E-state index < -0.39 is 6.10 Å². The summed E-state index contributed by atoms with van der Waals surface area (Å²) in [6.07, 6.45) is 5.80. The Morgan fingerprint density at radius 3 is 2.39 bits per heavy atom. The molecule has 2 aromatic carbocycles. The average Bonchev–Trinajstić information content (AvgIpc) is 2.72. The first-order valence-electron chi connectivity index (χ1n) is 10.7. The van der Waals surface area contributed by atoms with E-state index in [2.05, 4.69) is 56.4 Å². The van der Waals surface area contributed by atoms with Gasteiger partial charge in [0, 0.05) is 0 Å². The molecule has 2 aromatic rings. The van der Waals surface area contributed by atoms with Gasteiger partial charge in [-0.2, -0.15) is 0 Å². The predicted octanol–water partition coefficient (Wildman–Crippen LogP) is 5.61. The Hall–Kier alpha value is -2.29. The van der Waals surface area contributed by atoms with Gasteiger partial charge in [0.05, 0.1) is 6.04 Å². The molecule has 1 aliphatic rings. The molecular weight excluding hydrogens is 346 g/mol. The third-order valence-corrected chi connectivity index (χ3v) is 5.92. The van der Waals surface area contributed by atoms with Crippen LogP contribution in [0, 0.1) is 13.8 Å². The molecule has 2 atom stereocenters. The van der Waals surface area contributed by atoms with E-state index in [4.69, 9.17) is 4.74 Å². The summed E-state index contributed by atoms with van der Waals surface area (Å²) in [4.78, 5) is 12.9. The number of aryl methyl sites for hydroxylation is 4. The lowest BCUT2D eigenvalue weighted by Crippen LogP contribution is -2.40. The Morgan fingerprint density at radius 2 is 1.71 bits per heavy atom. The van der Waals surface area contributed by atoms with Crippen LogP contribution in [0.1, 0.15) is 73.4 Å². The van der Waals surface area contributed by atoms with Crippen LogP contribution in [-0.2, 0) is 17.6 Å². The van der Waals surface area contributed by atoms with Crippen molar-refractivity contribution in [3.63, 3.8) is 0 Å². The van der Waals surface area contributed by atoms with Crippen LogP contribution in [0.2, 0.25) is 0 Å². The lowest BCUT2D eigenvalue weighted by Gasteiger charge is -2.24. The molecule has 1 N–H and O–H groups in total. The molecule has 3 rings (SSSR count). The fourth-order valence-electron chi connectivity index (χ4n) is 3.94. The van der Waals surface area contributed by atoms with Crippen molar-refractivity contribution in [1.29, 1.82) is 0 Å². The highest BCUT2D eigenvalue weighted by Crippen LogP contribution is 2.26. The van der Waals surface area contributed by atoms with Crippen LogP contribution in [-0.4, -0.2) is 12.0 Å². The van der Waals surface area contributed by atoms with Gasteiger partial charge < -0.3 is 10.1 Å². The maximum absolute atomic E-state index is 12.9. The number of hydrogen-bond donors (Lipinski definition) is 1. The van der Waals surface area contributed by atoms with Gasteiger partial charge in [0.2, 0.25) is 0 Å². The summed E-state index contributed by atoms with van der Waals surface area (Å²) in [5, 5.41) is 3.20. The zero-order chi connectivity index (χ0) is 20.1. The minimum atomic E-state index is -0.470. The Balaban J connectivity index is 1.69. The lowest BCUT2D eigenvalue weighted by atomic mass is 9.92. The molecule has 0 saturated carbocycles. The summed E-state index contributed by atoms with van der Waals surface area (Å²) >= 11 is 0. The Morgan fingerprint density at radius 1 is 0.964 bits per heavy atom. The second kappa shape index (κ2) is 9.27. The first-order valence-corrected chi connectivity index (χ1v) is 10.7. The lowest BCUT2D eigenvalue weighted by molar-refractivity contribution is -0.128. The largest absolute Gasteiger partial charge is 0.481 e. The Kier molecular flexibility index (Phi) is 6.77. The smallest absolute Gasteiger partial charge is 0.261 e. The molecule has 3 nitrogen and oxygen atoms in total. The van der Waals surface area contributed by atoms with Crippen LogP contribution in [0.4, 0.5) is 0 Å². The molecule has 150 valence electrons. The highest BCUT2D eigenvalue weighted by Gasteiger charge is 2.22. The molecular formula is C25H33NO2. The van der Waals surface area contributed by atoms with Crippen molar-refractivity contribution in [1.82, 2.24) is 5.32 Å². The molecule has 0 saturated heterocycles. The summed E-state index contributed by atoms with van der Waals surface area (Å²) in [5.74, 6) is 0.771. The minimum absolute atomic E-state index is 0.00739. The minimum Gasteiger partial charge on any atom is -0.481 e. The molecule has 0 radical (unpaired) electrons. The molecule has 0 aromatic heterocycles. The van der Waals surface area contributed by atoms with Crippen LogP contribution in [0.15, 0.2) is 36.4 Å². The molecule has 28 heavy (non-hydrogen) atoms. The van der Waals surface area contributed by atoms with Crippen LogP contribution >= 0.6 is 0 Å². The fourth-order valence-corrected chi connectivity index (χ4v) is 3.94. The van der Waals surface area contributed by atoms with Crippen LogP contribution < -0.4 is 10.1 Å². The molecule has 0 bridgehead atoms. The quantitative estimate of drug-likeness (QED) is 0.679. The number of benzene rings is 2. The van der Waals surface area contributed by atoms with Gasteiger partial charge in [0.15, 0.2) is 6.10 Å². The molecule has 0 spiro atoms. The Labute approximate surface area is 169 Å². The number of nitrogens with one attached hydrogen (secondary N) is 1. The van der Waals surface area contributed by atoms with E-state index in [1.54, 1.807) is 0 Å². The van der Waals surface area contributed by atoms with Gasteiger partial charge in [-0.1, -0.05) is 38.1 Å². The number of carbonyl (C=O) groups excluding carboxylic acids is 1. The number of rotatable bonds is 7. The summed E-state index contributed by atoms with van der Waals surface area (Å²) < 4.78 is 6.10. The molecule has 1 amide bonds. The van der Waals surface area contributed by atoms with E-state index in [9.17, 15) is 4.79 Å². The monoisotopic (exact) mass is 379 g/mol. The van der Waals surface area contributed by atoms with Gasteiger partial charge in [-0.15, -0.1) is 0 Å². The standard InChI is InChI=1S/C25H33NO2/c1-5-23(21-12-11-17(3)18(4)15-21)26-25(27)24(6-2)28-22-14-13-19-9-7-8-10-20(19)16-22/h11-16,23-24H,5-10H2,1-4H3,(H,26,27)/t23-,24+/m1/s1. The molecule has 0 fully saturated rings. The molecule has 0 aliphatic heterocycles. The third-order valence-electron chi connectivity index (χ3n) is 5.92. The maximum atomic E-state index is 12.9. The number of amides is 1. The molecule has 1 aliphatic carbocycles. The molecule has 3 heteroatoms. The van der Waals surface area contributed by atoms with Gasteiger partial charge in [-0.05, 0) is 92.3 Å². The highest BCUT2D eigenvalue weighted by molar-refractivity contribution is 5.81. The summed E-state index contributed by atoms with van der Waals surface area (Å²) in [5.41, 5.74) is 6.48. The summed E-state index contributed by atoms with van der Waals surface area (Å²) in [7, 11) is 0. The summed E-state index contributed by atoms with van der Waals surface area (Å²) in [6.45, 7) is 8.32. The maximum Gasteiger partial charge on any atom is 0.261 e. The fraction of sp³-hybridized carbons (Fsp3) is 0.480. The zero-order valence-corrected chi connectivity index (χ0v) is 17.7. The van der Waals surface area contributed by atoms with E-state index in [-0.39, 0.29) is 11.9 Å². The second-order valence-electron chi connectivity index (χ2n) is 7.97. The highest BCUT2D eigenvalue weighted by atomic mass is 16.5.